The van der Waals surface area contributed by atoms with Crippen LogP contribution >= 0.6 is 0 Å². The molecule has 0 unspecified atom stereocenters. The molecule has 10 heteroatoms. The molecule has 172 valence electrons. The number of esters is 1. The minimum absolute atomic E-state index is 0.0927. The maximum absolute atomic E-state index is 14.3. The Balaban J connectivity index is 1.74. The van der Waals surface area contributed by atoms with Crippen molar-refractivity contribution in [2.24, 2.45) is 0 Å². The fourth-order valence-corrected chi connectivity index (χ4v) is 4.85. The topological polar surface area (TPSA) is 93.2 Å². The number of anilines is 1. The number of carbonyl (C=O) groups excluding carboxylic acids is 2. The zero-order valence-corrected chi connectivity index (χ0v) is 18.7. The minimum atomic E-state index is -4.15. The highest BCUT2D eigenvalue weighted by atomic mass is 32.2. The van der Waals surface area contributed by atoms with Crippen molar-refractivity contribution in [2.75, 3.05) is 37.8 Å². The molecule has 0 aliphatic carbocycles. The van der Waals surface area contributed by atoms with E-state index in [1.54, 1.807) is 24.3 Å². The Hall–Kier alpha value is -2.82. The van der Waals surface area contributed by atoms with Crippen LogP contribution in [0.25, 0.3) is 0 Å². The van der Waals surface area contributed by atoms with Gasteiger partial charge in [0, 0.05) is 24.8 Å². The van der Waals surface area contributed by atoms with E-state index < -0.39 is 39.2 Å². The number of para-hydroxylation sites is 1. The molecule has 1 saturated heterocycles. The van der Waals surface area contributed by atoms with Gasteiger partial charge in [-0.1, -0.05) is 18.2 Å². The molecule has 0 radical (unpaired) electrons. The van der Waals surface area contributed by atoms with E-state index in [9.17, 15) is 22.4 Å². The van der Waals surface area contributed by atoms with Gasteiger partial charge in [0.25, 0.3) is 5.91 Å². The Morgan fingerprint density at radius 3 is 2.41 bits per heavy atom. The van der Waals surface area contributed by atoms with E-state index in [0.29, 0.717) is 5.69 Å². The first-order chi connectivity index (χ1) is 15.2. The summed E-state index contributed by atoms with van der Waals surface area (Å²) in [7, 11) is -4.15. The Kier molecular flexibility index (Phi) is 7.60. The molecular formula is C22H25FN2O6S. The molecule has 0 atom stereocenters. The third kappa shape index (κ3) is 5.32. The van der Waals surface area contributed by atoms with Crippen LogP contribution in [-0.2, 0) is 24.3 Å². The molecule has 1 amide bonds. The first-order valence-corrected chi connectivity index (χ1v) is 11.6. The second kappa shape index (κ2) is 10.2. The van der Waals surface area contributed by atoms with Crippen LogP contribution in [0.3, 0.4) is 0 Å². The molecule has 0 N–H and O–H groups in total. The first kappa shape index (κ1) is 23.8. The molecule has 1 aliphatic rings. The molecule has 1 aliphatic heterocycles. The van der Waals surface area contributed by atoms with Crippen molar-refractivity contribution in [2.45, 2.75) is 24.8 Å². The molecule has 2 aromatic rings. The van der Waals surface area contributed by atoms with Gasteiger partial charge in [0.2, 0.25) is 10.0 Å². The summed E-state index contributed by atoms with van der Waals surface area (Å²) in [5, 5.41) is 0. The number of sulfonamides is 1. The number of carbonyl (C=O) groups is 2. The van der Waals surface area contributed by atoms with Crippen LogP contribution in [0.15, 0.2) is 53.4 Å². The highest BCUT2D eigenvalue weighted by molar-refractivity contribution is 7.89. The molecule has 3 rings (SSSR count). The van der Waals surface area contributed by atoms with E-state index in [-0.39, 0.29) is 37.9 Å². The molecule has 32 heavy (non-hydrogen) atoms. The maximum atomic E-state index is 14.3. The molecule has 1 fully saturated rings. The third-order valence-corrected chi connectivity index (χ3v) is 6.81. The average Bonchev–Trinajstić information content (AvgIpc) is 2.79. The number of halogens is 1. The van der Waals surface area contributed by atoms with Crippen molar-refractivity contribution in [3.05, 3.63) is 59.9 Å². The molecule has 0 spiro atoms. The summed E-state index contributed by atoms with van der Waals surface area (Å²) in [5.41, 5.74) is 0.492. The van der Waals surface area contributed by atoms with E-state index in [0.717, 1.165) is 22.5 Å². The van der Waals surface area contributed by atoms with Crippen molar-refractivity contribution < 1.29 is 31.9 Å². The van der Waals surface area contributed by atoms with Crippen LogP contribution in [0.4, 0.5) is 10.1 Å². The van der Waals surface area contributed by atoms with Gasteiger partial charge in [0.1, 0.15) is 10.7 Å². The lowest BCUT2D eigenvalue weighted by Gasteiger charge is -2.27. The van der Waals surface area contributed by atoms with Gasteiger partial charge in [0.15, 0.2) is 6.61 Å². The zero-order valence-electron chi connectivity index (χ0n) is 17.9. The molecule has 0 bridgehead atoms. The van der Waals surface area contributed by atoms with Crippen LogP contribution < -0.4 is 4.90 Å². The summed E-state index contributed by atoms with van der Waals surface area (Å²) in [6, 6.07) is 11.7. The largest absolute Gasteiger partial charge is 0.452 e. The summed E-state index contributed by atoms with van der Waals surface area (Å²) < 4.78 is 51.3. The molecule has 8 nitrogen and oxygen atoms in total. The Morgan fingerprint density at radius 1 is 1.12 bits per heavy atom. The predicted molar refractivity (Wildman–Crippen MR) is 115 cm³/mol. The fourth-order valence-electron chi connectivity index (χ4n) is 3.35. The normalized spacial score (nSPS) is 14.9. The van der Waals surface area contributed by atoms with Crippen LogP contribution in [0.2, 0.25) is 0 Å². The molecule has 1 heterocycles. The number of hydrogen-bond donors (Lipinski definition) is 0. The number of hydrogen-bond acceptors (Lipinski definition) is 6. The van der Waals surface area contributed by atoms with Crippen molar-refractivity contribution in [1.29, 1.82) is 0 Å². The van der Waals surface area contributed by atoms with Crippen LogP contribution in [-0.4, -0.2) is 63.6 Å². The van der Waals surface area contributed by atoms with Gasteiger partial charge in [-0.05, 0) is 44.2 Å². The maximum Gasteiger partial charge on any atom is 0.338 e. The average molecular weight is 465 g/mol. The van der Waals surface area contributed by atoms with Gasteiger partial charge < -0.3 is 14.4 Å². The molecular weight excluding hydrogens is 439 g/mol. The van der Waals surface area contributed by atoms with Crippen molar-refractivity contribution in [1.82, 2.24) is 4.31 Å². The monoisotopic (exact) mass is 464 g/mol. The summed E-state index contributed by atoms with van der Waals surface area (Å²) in [4.78, 5) is 26.1. The lowest BCUT2D eigenvalue weighted by atomic mass is 10.2. The van der Waals surface area contributed by atoms with Crippen LogP contribution in [0.5, 0.6) is 0 Å². The smallest absolute Gasteiger partial charge is 0.338 e. The van der Waals surface area contributed by atoms with Gasteiger partial charge in [-0.3, -0.25) is 4.79 Å². The predicted octanol–water partition coefficient (Wildman–Crippen LogP) is 2.45. The van der Waals surface area contributed by atoms with Gasteiger partial charge >= 0.3 is 5.97 Å². The molecule has 2 aromatic carbocycles. The number of nitrogens with zero attached hydrogens (tertiary/aromatic N) is 2. The zero-order chi connectivity index (χ0) is 23.3. The summed E-state index contributed by atoms with van der Waals surface area (Å²) in [6.07, 6.45) is 0. The molecule has 0 aromatic heterocycles. The van der Waals surface area contributed by atoms with Gasteiger partial charge in [-0.2, -0.15) is 4.31 Å². The van der Waals surface area contributed by atoms with Crippen LogP contribution in [0, 0.1) is 5.82 Å². The standard InChI is InChI=1S/C22H25FN2O6S/c1-16(2)25(18-6-4-3-5-7-18)21(26)15-31-22(27)17-8-9-19(23)20(14-17)32(28,29)24-10-12-30-13-11-24/h3-9,14,16H,10-13,15H2,1-2H3. The van der Waals surface area contributed by atoms with Gasteiger partial charge in [-0.15, -0.1) is 0 Å². The summed E-state index contributed by atoms with van der Waals surface area (Å²) >= 11 is 0. The number of amides is 1. The van der Waals surface area contributed by atoms with E-state index in [1.165, 1.54) is 4.90 Å². The SMILES string of the molecule is CC(C)N(C(=O)COC(=O)c1ccc(F)c(S(=O)(=O)N2CCOCC2)c1)c1ccccc1. The Bertz CT molecular complexity index is 1070. The fraction of sp³-hybridized carbons (Fsp3) is 0.364. The van der Waals surface area contributed by atoms with Crippen molar-refractivity contribution in [3.63, 3.8) is 0 Å². The number of morpholine rings is 1. The number of benzene rings is 2. The van der Waals surface area contributed by atoms with Gasteiger partial charge in [0.05, 0.1) is 18.8 Å². The highest BCUT2D eigenvalue weighted by Gasteiger charge is 2.30. The number of ether oxygens (including phenoxy) is 2. The second-order valence-electron chi connectivity index (χ2n) is 7.43. The lowest BCUT2D eigenvalue weighted by Crippen LogP contribution is -2.41. The lowest BCUT2D eigenvalue weighted by molar-refractivity contribution is -0.122. The highest BCUT2D eigenvalue weighted by Crippen LogP contribution is 2.22. The first-order valence-electron chi connectivity index (χ1n) is 10.1. The summed E-state index contributed by atoms with van der Waals surface area (Å²) in [6.45, 7) is 3.71. The van der Waals surface area contributed by atoms with E-state index >= 15 is 0 Å². The van der Waals surface area contributed by atoms with Crippen LogP contribution in [0.1, 0.15) is 24.2 Å². The summed E-state index contributed by atoms with van der Waals surface area (Å²) in [5.74, 6) is -2.34. The van der Waals surface area contributed by atoms with E-state index in [1.807, 2.05) is 19.9 Å². The third-order valence-electron chi connectivity index (χ3n) is 4.90. The van der Waals surface area contributed by atoms with E-state index in [4.69, 9.17) is 9.47 Å². The Labute approximate surface area is 186 Å². The van der Waals surface area contributed by atoms with E-state index in [2.05, 4.69) is 0 Å². The second-order valence-corrected chi connectivity index (χ2v) is 9.34. The quantitative estimate of drug-likeness (QED) is 0.585. The van der Waals surface area contributed by atoms with Crippen molar-refractivity contribution in [3.8, 4) is 0 Å². The van der Waals surface area contributed by atoms with Crippen molar-refractivity contribution >= 4 is 27.6 Å². The number of rotatable bonds is 7. The van der Waals surface area contributed by atoms with Gasteiger partial charge in [-0.25, -0.2) is 17.6 Å². The molecule has 0 saturated carbocycles. The Morgan fingerprint density at radius 2 is 1.78 bits per heavy atom. The minimum Gasteiger partial charge on any atom is -0.452 e.